The lowest BCUT2D eigenvalue weighted by Gasteiger charge is -1.99. The van der Waals surface area contributed by atoms with Crippen molar-refractivity contribution in [3.8, 4) is 0 Å². The molecular formula is C12H16O2. The van der Waals surface area contributed by atoms with Crippen LogP contribution >= 0.6 is 0 Å². The SMILES string of the molecule is O=C1C=CC=CCCCCCCC1=O. The molecular weight excluding hydrogens is 176 g/mol. The zero-order chi connectivity index (χ0) is 10.2. The molecule has 0 bridgehead atoms. The van der Waals surface area contributed by atoms with E-state index in [-0.39, 0.29) is 11.6 Å². The van der Waals surface area contributed by atoms with E-state index in [2.05, 4.69) is 0 Å². The van der Waals surface area contributed by atoms with Crippen LogP contribution in [0.5, 0.6) is 0 Å². The first-order valence-corrected chi connectivity index (χ1v) is 5.21. The number of ketones is 2. The smallest absolute Gasteiger partial charge is 0.221 e. The molecule has 0 spiro atoms. The maximum absolute atomic E-state index is 11.2. The van der Waals surface area contributed by atoms with Gasteiger partial charge in [-0.1, -0.05) is 31.1 Å². The molecule has 0 unspecified atom stereocenters. The van der Waals surface area contributed by atoms with Crippen molar-refractivity contribution in [1.29, 1.82) is 0 Å². The lowest BCUT2D eigenvalue weighted by Crippen LogP contribution is -2.10. The van der Waals surface area contributed by atoms with E-state index in [0.29, 0.717) is 6.42 Å². The van der Waals surface area contributed by atoms with E-state index in [0.717, 1.165) is 25.7 Å². The van der Waals surface area contributed by atoms with E-state index < -0.39 is 0 Å². The van der Waals surface area contributed by atoms with E-state index in [9.17, 15) is 9.59 Å². The van der Waals surface area contributed by atoms with E-state index in [1.165, 1.54) is 12.5 Å². The molecule has 0 saturated heterocycles. The summed E-state index contributed by atoms with van der Waals surface area (Å²) in [5, 5.41) is 0. The molecule has 2 heteroatoms. The third-order valence-electron chi connectivity index (χ3n) is 2.29. The van der Waals surface area contributed by atoms with Gasteiger partial charge in [0.15, 0.2) is 0 Å². The predicted octanol–water partition coefficient (Wildman–Crippen LogP) is 2.59. The van der Waals surface area contributed by atoms with E-state index >= 15 is 0 Å². The summed E-state index contributed by atoms with van der Waals surface area (Å²) in [6.07, 6.45) is 12.6. The zero-order valence-electron chi connectivity index (χ0n) is 8.37. The van der Waals surface area contributed by atoms with Crippen LogP contribution in [0.25, 0.3) is 0 Å². The first kappa shape index (κ1) is 10.9. The molecule has 0 aromatic carbocycles. The minimum atomic E-state index is -0.366. The largest absolute Gasteiger partial charge is 0.291 e. The number of Topliss-reactive ketones (excluding diaryl/α,β-unsaturated/α-hetero) is 1. The Morgan fingerprint density at radius 2 is 1.71 bits per heavy atom. The first-order valence-electron chi connectivity index (χ1n) is 5.21. The Kier molecular flexibility index (Phi) is 4.90. The number of allylic oxidation sites excluding steroid dienone is 4. The van der Waals surface area contributed by atoms with Crippen molar-refractivity contribution in [2.24, 2.45) is 0 Å². The average Bonchev–Trinajstić information content (AvgIpc) is 2.18. The second-order valence-corrected chi connectivity index (χ2v) is 3.53. The Labute approximate surface area is 84.7 Å². The van der Waals surface area contributed by atoms with Gasteiger partial charge in [-0.05, 0) is 25.3 Å². The normalized spacial score (nSPS) is 20.3. The Morgan fingerprint density at radius 1 is 0.929 bits per heavy atom. The van der Waals surface area contributed by atoms with Crippen molar-refractivity contribution < 1.29 is 9.59 Å². The van der Waals surface area contributed by atoms with Gasteiger partial charge in [0, 0.05) is 6.42 Å². The Morgan fingerprint density at radius 3 is 2.57 bits per heavy atom. The van der Waals surface area contributed by atoms with E-state index in [1.807, 2.05) is 12.2 Å². The zero-order valence-corrected chi connectivity index (χ0v) is 8.37. The minimum Gasteiger partial charge on any atom is -0.291 e. The number of carbonyl (C=O) groups is 2. The van der Waals surface area contributed by atoms with Gasteiger partial charge in [0.25, 0.3) is 0 Å². The van der Waals surface area contributed by atoms with Crippen LogP contribution < -0.4 is 0 Å². The van der Waals surface area contributed by atoms with Gasteiger partial charge in [0.2, 0.25) is 11.6 Å². The summed E-state index contributed by atoms with van der Waals surface area (Å²) in [5.41, 5.74) is 0. The summed E-state index contributed by atoms with van der Waals surface area (Å²) in [7, 11) is 0. The standard InChI is InChI=1S/C12H16O2/c13-11-9-7-5-3-1-2-4-6-8-10-12(11)14/h3,5,7,9H,1-2,4,6,8,10H2. The highest BCUT2D eigenvalue weighted by Crippen LogP contribution is 2.07. The average molecular weight is 192 g/mol. The fraction of sp³-hybridized carbons (Fsp3) is 0.500. The molecule has 0 radical (unpaired) electrons. The summed E-state index contributed by atoms with van der Waals surface area (Å²) in [6.45, 7) is 0. The van der Waals surface area contributed by atoms with Gasteiger partial charge in [-0.15, -0.1) is 0 Å². The predicted molar refractivity (Wildman–Crippen MR) is 56.0 cm³/mol. The molecule has 1 aliphatic carbocycles. The van der Waals surface area contributed by atoms with Gasteiger partial charge in [-0.25, -0.2) is 0 Å². The van der Waals surface area contributed by atoms with Gasteiger partial charge in [-0.3, -0.25) is 9.59 Å². The highest BCUT2D eigenvalue weighted by atomic mass is 16.2. The molecule has 0 atom stereocenters. The van der Waals surface area contributed by atoms with Crippen LogP contribution in [0.15, 0.2) is 24.3 Å². The molecule has 2 nitrogen and oxygen atoms in total. The third-order valence-corrected chi connectivity index (χ3v) is 2.29. The third kappa shape index (κ3) is 4.17. The highest BCUT2D eigenvalue weighted by Gasteiger charge is 2.08. The summed E-state index contributed by atoms with van der Waals surface area (Å²) in [4.78, 5) is 22.4. The van der Waals surface area contributed by atoms with Crippen molar-refractivity contribution in [3.63, 3.8) is 0 Å². The molecule has 1 aliphatic rings. The summed E-state index contributed by atoms with van der Waals surface area (Å²) in [6, 6.07) is 0. The van der Waals surface area contributed by atoms with Crippen LogP contribution in [0.2, 0.25) is 0 Å². The molecule has 0 aromatic heterocycles. The van der Waals surface area contributed by atoms with Crippen LogP contribution in [0.1, 0.15) is 38.5 Å². The topological polar surface area (TPSA) is 34.1 Å². The highest BCUT2D eigenvalue weighted by molar-refractivity contribution is 6.41. The summed E-state index contributed by atoms with van der Waals surface area (Å²) in [5.74, 6) is -0.620. The molecule has 0 heterocycles. The Bertz CT molecular complexity index is 261. The molecule has 0 amide bonds. The molecule has 0 aliphatic heterocycles. The monoisotopic (exact) mass is 192 g/mol. The van der Waals surface area contributed by atoms with Crippen LogP contribution in [-0.2, 0) is 9.59 Å². The molecule has 0 aromatic rings. The van der Waals surface area contributed by atoms with Crippen molar-refractivity contribution in [2.45, 2.75) is 38.5 Å². The summed E-state index contributed by atoms with van der Waals surface area (Å²) < 4.78 is 0. The molecule has 0 fully saturated rings. The number of hydrogen-bond donors (Lipinski definition) is 0. The van der Waals surface area contributed by atoms with Gasteiger partial charge in [0.05, 0.1) is 0 Å². The maximum atomic E-state index is 11.2. The quantitative estimate of drug-likeness (QED) is 0.553. The second kappa shape index (κ2) is 6.30. The van der Waals surface area contributed by atoms with E-state index in [1.54, 1.807) is 6.08 Å². The van der Waals surface area contributed by atoms with Crippen LogP contribution in [-0.4, -0.2) is 11.6 Å². The molecule has 0 N–H and O–H groups in total. The lowest BCUT2D eigenvalue weighted by atomic mass is 10.1. The Balaban J connectivity index is 2.54. The number of carbonyl (C=O) groups excluding carboxylic acids is 2. The van der Waals surface area contributed by atoms with Crippen molar-refractivity contribution in [2.75, 3.05) is 0 Å². The first-order chi connectivity index (χ1) is 6.80. The molecule has 1 rings (SSSR count). The Hall–Kier alpha value is -1.18. The van der Waals surface area contributed by atoms with Crippen LogP contribution in [0.4, 0.5) is 0 Å². The summed E-state index contributed by atoms with van der Waals surface area (Å²) >= 11 is 0. The minimum absolute atomic E-state index is 0.254. The second-order valence-electron chi connectivity index (χ2n) is 3.53. The van der Waals surface area contributed by atoms with Crippen molar-refractivity contribution in [3.05, 3.63) is 24.3 Å². The van der Waals surface area contributed by atoms with Crippen LogP contribution in [0.3, 0.4) is 0 Å². The van der Waals surface area contributed by atoms with Crippen LogP contribution in [0, 0.1) is 0 Å². The molecule has 76 valence electrons. The lowest BCUT2D eigenvalue weighted by molar-refractivity contribution is -0.133. The van der Waals surface area contributed by atoms with Crippen molar-refractivity contribution >= 4 is 11.6 Å². The van der Waals surface area contributed by atoms with Gasteiger partial charge < -0.3 is 0 Å². The number of hydrogen-bond acceptors (Lipinski definition) is 2. The fourth-order valence-electron chi connectivity index (χ4n) is 1.44. The fourth-order valence-corrected chi connectivity index (χ4v) is 1.44. The molecule has 0 saturated carbocycles. The van der Waals surface area contributed by atoms with Gasteiger partial charge in [-0.2, -0.15) is 0 Å². The van der Waals surface area contributed by atoms with E-state index in [4.69, 9.17) is 0 Å². The van der Waals surface area contributed by atoms with Gasteiger partial charge >= 0.3 is 0 Å². The van der Waals surface area contributed by atoms with Crippen molar-refractivity contribution in [1.82, 2.24) is 0 Å². The van der Waals surface area contributed by atoms with Gasteiger partial charge in [0.1, 0.15) is 0 Å². The maximum Gasteiger partial charge on any atom is 0.221 e. The number of rotatable bonds is 0. The molecule has 14 heavy (non-hydrogen) atoms.